The van der Waals surface area contributed by atoms with Gasteiger partial charge in [-0.15, -0.1) is 0 Å². The molecule has 0 bridgehead atoms. The Balaban J connectivity index is 2.23. The van der Waals surface area contributed by atoms with Crippen molar-refractivity contribution in [3.8, 4) is 0 Å². The maximum atomic E-state index is 14.8. The van der Waals surface area contributed by atoms with Gasteiger partial charge in [0.25, 0.3) is 0 Å². The van der Waals surface area contributed by atoms with Gasteiger partial charge in [-0.1, -0.05) is 0 Å². The van der Waals surface area contributed by atoms with Crippen LogP contribution in [0.1, 0.15) is 33.4 Å². The largest absolute Gasteiger partial charge is 0.422 e. The quantitative estimate of drug-likeness (QED) is 0.189. The molecule has 0 heterocycles. The minimum absolute atomic E-state index is 0.506. The van der Waals surface area contributed by atoms with Crippen molar-refractivity contribution in [3.63, 3.8) is 0 Å². The van der Waals surface area contributed by atoms with E-state index in [4.69, 9.17) is 17.2 Å². The zero-order valence-electron chi connectivity index (χ0n) is 22.5. The number of allylic oxidation sites excluding steroid dienone is 3. The van der Waals surface area contributed by atoms with Crippen molar-refractivity contribution in [1.29, 1.82) is 0 Å². The summed E-state index contributed by atoms with van der Waals surface area (Å²) < 4.78 is 253. The molecular weight excluding hydrogens is 708 g/mol. The van der Waals surface area contributed by atoms with Crippen molar-refractivity contribution in [3.05, 3.63) is 120 Å². The third kappa shape index (κ3) is 5.14. The van der Waals surface area contributed by atoms with Gasteiger partial charge in [0.15, 0.2) is 69.8 Å². The molecule has 0 unspecified atom stereocenters. The highest BCUT2D eigenvalue weighted by Crippen LogP contribution is 2.55. The van der Waals surface area contributed by atoms with E-state index in [0.717, 1.165) is 0 Å². The second kappa shape index (κ2) is 11.3. The van der Waals surface area contributed by atoms with Crippen LogP contribution in [0.5, 0.6) is 0 Å². The molecule has 4 rings (SSSR count). The Morgan fingerprint density at radius 3 is 0.729 bits per heavy atom. The summed E-state index contributed by atoms with van der Waals surface area (Å²) in [6.45, 7) is 0.506. The van der Waals surface area contributed by atoms with Crippen LogP contribution >= 0.6 is 0 Å². The minimum Gasteiger partial charge on any atom is -0.398 e. The Labute approximate surface area is 253 Å². The number of halogens is 18. The molecule has 1 saturated carbocycles. The van der Waals surface area contributed by atoms with Gasteiger partial charge < -0.3 is 17.2 Å². The van der Waals surface area contributed by atoms with Gasteiger partial charge in [-0.25, -0.2) is 52.7 Å². The van der Waals surface area contributed by atoms with Crippen LogP contribution < -0.4 is 17.2 Å². The molecule has 0 radical (unpaired) electrons. The normalized spacial score (nSPS) is 16.8. The zero-order valence-corrected chi connectivity index (χ0v) is 22.5. The Morgan fingerprint density at radius 1 is 0.354 bits per heavy atom. The number of nitrogens with two attached hydrogens (primary N) is 3. The molecule has 1 fully saturated rings. The van der Waals surface area contributed by atoms with Crippen LogP contribution in [-0.2, 0) is 12.4 Å². The van der Waals surface area contributed by atoms with Gasteiger partial charge in [0.1, 0.15) is 11.1 Å². The lowest BCUT2D eigenvalue weighted by Crippen LogP contribution is -2.18. The number of alkyl halides is 6. The first-order valence-electron chi connectivity index (χ1n) is 12.0. The van der Waals surface area contributed by atoms with Gasteiger partial charge in [0.05, 0.1) is 33.8 Å². The predicted octanol–water partition coefficient (Wildman–Crippen LogP) is 8.13. The summed E-state index contributed by atoms with van der Waals surface area (Å²) in [7, 11) is 0. The first kappa shape index (κ1) is 35.9. The number of hydrogen-bond acceptors (Lipinski definition) is 3. The maximum Gasteiger partial charge on any atom is 0.422 e. The summed E-state index contributed by atoms with van der Waals surface area (Å²) in [6, 6.07) is 0. The monoisotopic (exact) mass is 717 g/mol. The maximum absolute atomic E-state index is 14.8. The Bertz CT molecular complexity index is 1860. The average molecular weight is 717 g/mol. The van der Waals surface area contributed by atoms with Gasteiger partial charge in [0.2, 0.25) is 0 Å². The molecular formula is C27H9F18N3. The Kier molecular flexibility index (Phi) is 8.46. The van der Waals surface area contributed by atoms with E-state index >= 15 is 0 Å². The molecule has 3 aromatic carbocycles. The van der Waals surface area contributed by atoms with Crippen LogP contribution in [0.15, 0.2) is 16.7 Å². The van der Waals surface area contributed by atoms with Crippen LogP contribution in [0.2, 0.25) is 0 Å². The molecule has 0 saturated heterocycles. The predicted molar refractivity (Wildman–Crippen MR) is 127 cm³/mol. The van der Waals surface area contributed by atoms with Crippen molar-refractivity contribution in [2.75, 3.05) is 0 Å². The van der Waals surface area contributed by atoms with Gasteiger partial charge in [-0.3, -0.25) is 0 Å². The molecule has 0 aromatic heterocycles. The highest BCUT2D eigenvalue weighted by atomic mass is 19.4. The van der Waals surface area contributed by atoms with Crippen molar-refractivity contribution >= 4 is 17.1 Å². The summed E-state index contributed by atoms with van der Waals surface area (Å²) in [4.78, 5) is 0. The highest BCUT2D eigenvalue weighted by Gasteiger charge is 2.48. The molecule has 0 aliphatic heterocycles. The van der Waals surface area contributed by atoms with Crippen molar-refractivity contribution in [1.82, 2.24) is 0 Å². The molecule has 3 aromatic rings. The van der Waals surface area contributed by atoms with Crippen molar-refractivity contribution < 1.29 is 79.0 Å². The van der Waals surface area contributed by atoms with E-state index in [1.54, 1.807) is 0 Å². The van der Waals surface area contributed by atoms with Crippen molar-refractivity contribution in [2.24, 2.45) is 17.2 Å². The average Bonchev–Trinajstić information content (AvgIpc) is 3.72. The van der Waals surface area contributed by atoms with Gasteiger partial charge in [0, 0.05) is 22.3 Å². The van der Waals surface area contributed by atoms with Crippen LogP contribution in [0.3, 0.4) is 0 Å². The minimum atomic E-state index is -6.10. The third-order valence-corrected chi connectivity index (χ3v) is 6.88. The first-order chi connectivity index (χ1) is 21.8. The highest BCUT2D eigenvalue weighted by molar-refractivity contribution is 6.05. The van der Waals surface area contributed by atoms with E-state index in [-0.39, 0.29) is 0 Å². The van der Waals surface area contributed by atoms with E-state index in [2.05, 4.69) is 0 Å². The number of benzene rings is 3. The van der Waals surface area contributed by atoms with Crippen LogP contribution in [-0.4, -0.2) is 0 Å². The van der Waals surface area contributed by atoms with Crippen LogP contribution in [0.4, 0.5) is 79.0 Å². The summed E-state index contributed by atoms with van der Waals surface area (Å²) in [6.07, 6.45) is -12.2. The number of hydrogen-bond donors (Lipinski definition) is 3. The fourth-order valence-electron chi connectivity index (χ4n) is 4.58. The van der Waals surface area contributed by atoms with Crippen LogP contribution in [0.25, 0.3) is 17.1 Å². The lowest BCUT2D eigenvalue weighted by molar-refractivity contribution is -0.144. The Morgan fingerprint density at radius 2 is 0.542 bits per heavy atom. The van der Waals surface area contributed by atoms with Crippen molar-refractivity contribution in [2.45, 2.75) is 19.3 Å². The lowest BCUT2D eigenvalue weighted by Gasteiger charge is -2.14. The summed E-state index contributed by atoms with van der Waals surface area (Å²) in [5, 5.41) is 0. The van der Waals surface area contributed by atoms with E-state index in [1.807, 2.05) is 0 Å². The molecule has 0 atom stereocenters. The van der Waals surface area contributed by atoms with E-state index in [1.165, 1.54) is 0 Å². The smallest absolute Gasteiger partial charge is 0.398 e. The molecule has 1 aliphatic rings. The molecule has 258 valence electrons. The lowest BCUT2D eigenvalue weighted by atomic mass is 10.0. The summed E-state index contributed by atoms with van der Waals surface area (Å²) in [5.74, 6) is -33.4. The number of rotatable bonds is 3. The zero-order chi connectivity index (χ0) is 36.9. The fourth-order valence-corrected chi connectivity index (χ4v) is 4.58. The first-order valence-corrected chi connectivity index (χ1v) is 12.0. The summed E-state index contributed by atoms with van der Waals surface area (Å²) in [5.41, 5.74) is -7.49. The van der Waals surface area contributed by atoms with Gasteiger partial charge in [-0.05, 0) is 6.92 Å². The topological polar surface area (TPSA) is 78.1 Å². The second-order valence-electron chi connectivity index (χ2n) is 9.63. The van der Waals surface area contributed by atoms with E-state index in [0.29, 0.717) is 6.92 Å². The standard InChI is InChI=1S/C27H9F18N3/c1-2-11(28)13(30)6(14(31)12(2)29)23(46)3-4(24(47)7-15(32)19(36)9(26(40,41)42)20(37)16(7)33)5(3)25(48)8-17(34)21(38)10(27(43,44)45)22(39)18(8)35/h46-48H2,1H3/b23-3?,24-4-,25-5+. The fraction of sp³-hybridized carbons (Fsp3) is 0.111. The molecule has 6 N–H and O–H groups in total. The Hall–Kier alpha value is -4.98. The molecule has 21 heteroatoms. The third-order valence-electron chi connectivity index (χ3n) is 6.88. The molecule has 0 amide bonds. The molecule has 1 aliphatic carbocycles. The molecule has 3 nitrogen and oxygen atoms in total. The SMILES string of the molecule is Cc1c(F)c(F)c(C(N)=C2C(=C(/N)c3c(F)c(F)c(C(F)(F)F)c(F)c3F)/C2=C(/N)c2c(F)c(F)c(C(F)(F)F)c(F)c2F)c(F)c1F. The molecule has 0 spiro atoms. The van der Waals surface area contributed by atoms with E-state index < -0.39 is 149 Å². The van der Waals surface area contributed by atoms with Gasteiger partial charge >= 0.3 is 12.4 Å². The second-order valence-corrected chi connectivity index (χ2v) is 9.63. The van der Waals surface area contributed by atoms with Gasteiger partial charge in [-0.2, -0.15) is 26.3 Å². The van der Waals surface area contributed by atoms with Crippen LogP contribution in [0, 0.1) is 76.7 Å². The molecule has 48 heavy (non-hydrogen) atoms. The summed E-state index contributed by atoms with van der Waals surface area (Å²) >= 11 is 0. The van der Waals surface area contributed by atoms with E-state index in [9.17, 15) is 79.0 Å².